The normalized spacial score (nSPS) is 40.0. The van der Waals surface area contributed by atoms with Gasteiger partial charge in [-0.2, -0.15) is 0 Å². The SMILES string of the molecule is Cc1ccccc1[C@H](C)NC1CC2CC1C1CCCC21. The molecule has 3 aliphatic rings. The molecule has 3 aliphatic carbocycles. The fourth-order valence-corrected chi connectivity index (χ4v) is 5.74. The van der Waals surface area contributed by atoms with Crippen molar-refractivity contribution >= 4 is 0 Å². The lowest BCUT2D eigenvalue weighted by atomic mass is 9.79. The van der Waals surface area contributed by atoms with E-state index in [9.17, 15) is 0 Å². The van der Waals surface area contributed by atoms with E-state index < -0.39 is 0 Å². The number of rotatable bonds is 3. The van der Waals surface area contributed by atoms with Gasteiger partial charge in [-0.15, -0.1) is 0 Å². The fourth-order valence-electron chi connectivity index (χ4n) is 5.74. The van der Waals surface area contributed by atoms with E-state index in [0.717, 1.165) is 29.7 Å². The molecule has 0 spiro atoms. The Labute approximate surface area is 123 Å². The van der Waals surface area contributed by atoms with Crippen LogP contribution < -0.4 is 5.32 Å². The Hall–Kier alpha value is -0.820. The van der Waals surface area contributed by atoms with Crippen LogP contribution in [0.4, 0.5) is 0 Å². The third-order valence-corrected chi connectivity index (χ3v) is 6.55. The third-order valence-electron chi connectivity index (χ3n) is 6.55. The van der Waals surface area contributed by atoms with E-state index in [2.05, 4.69) is 43.4 Å². The Bertz CT molecular complexity index is 494. The zero-order valence-corrected chi connectivity index (χ0v) is 12.8. The van der Waals surface area contributed by atoms with E-state index >= 15 is 0 Å². The topological polar surface area (TPSA) is 12.0 Å². The van der Waals surface area contributed by atoms with Gasteiger partial charge in [0.15, 0.2) is 0 Å². The highest BCUT2D eigenvalue weighted by Crippen LogP contribution is 2.58. The van der Waals surface area contributed by atoms with Crippen LogP contribution in [0.5, 0.6) is 0 Å². The highest BCUT2D eigenvalue weighted by molar-refractivity contribution is 5.28. The summed E-state index contributed by atoms with van der Waals surface area (Å²) in [7, 11) is 0. The maximum atomic E-state index is 3.98. The predicted molar refractivity (Wildman–Crippen MR) is 83.6 cm³/mol. The van der Waals surface area contributed by atoms with Crippen molar-refractivity contribution in [2.24, 2.45) is 23.7 Å². The van der Waals surface area contributed by atoms with Gasteiger partial charge in [0.25, 0.3) is 0 Å². The lowest BCUT2D eigenvalue weighted by Gasteiger charge is -2.34. The van der Waals surface area contributed by atoms with Gasteiger partial charge in [-0.25, -0.2) is 0 Å². The molecule has 0 aliphatic heterocycles. The van der Waals surface area contributed by atoms with Crippen LogP contribution in [0.1, 0.15) is 56.2 Å². The smallest absolute Gasteiger partial charge is 0.0297 e. The second-order valence-electron chi connectivity index (χ2n) is 7.51. The molecule has 0 aromatic heterocycles. The Morgan fingerprint density at radius 3 is 2.70 bits per heavy atom. The van der Waals surface area contributed by atoms with Crippen LogP contribution in [0, 0.1) is 30.6 Å². The first-order chi connectivity index (χ1) is 9.74. The minimum absolute atomic E-state index is 0.500. The van der Waals surface area contributed by atoms with Gasteiger partial charge < -0.3 is 5.32 Å². The summed E-state index contributed by atoms with van der Waals surface area (Å²) in [6.07, 6.45) is 7.52. The molecule has 6 atom stereocenters. The number of nitrogens with one attached hydrogen (secondary N) is 1. The van der Waals surface area contributed by atoms with E-state index in [4.69, 9.17) is 0 Å². The molecule has 4 rings (SSSR count). The Balaban J connectivity index is 1.47. The average Bonchev–Trinajstić information content (AvgIpc) is 3.10. The predicted octanol–water partition coefficient (Wildman–Crippen LogP) is 4.47. The van der Waals surface area contributed by atoms with Crippen molar-refractivity contribution in [1.29, 1.82) is 0 Å². The van der Waals surface area contributed by atoms with Gasteiger partial charge in [0.05, 0.1) is 0 Å². The second kappa shape index (κ2) is 4.87. The zero-order valence-electron chi connectivity index (χ0n) is 12.8. The summed E-state index contributed by atoms with van der Waals surface area (Å²) in [5, 5.41) is 3.98. The molecule has 0 heterocycles. The summed E-state index contributed by atoms with van der Waals surface area (Å²) >= 11 is 0. The maximum absolute atomic E-state index is 3.98. The summed E-state index contributed by atoms with van der Waals surface area (Å²) in [5.41, 5.74) is 2.91. The molecule has 1 aromatic carbocycles. The van der Waals surface area contributed by atoms with Crippen molar-refractivity contribution in [2.75, 3.05) is 0 Å². The van der Waals surface area contributed by atoms with Gasteiger partial charge in [-0.05, 0) is 74.3 Å². The summed E-state index contributed by atoms with van der Waals surface area (Å²) in [6, 6.07) is 10.1. The molecule has 3 saturated carbocycles. The van der Waals surface area contributed by atoms with Gasteiger partial charge >= 0.3 is 0 Å². The van der Waals surface area contributed by atoms with Crippen LogP contribution in [-0.4, -0.2) is 6.04 Å². The molecule has 108 valence electrons. The van der Waals surface area contributed by atoms with Crippen molar-refractivity contribution in [3.05, 3.63) is 35.4 Å². The van der Waals surface area contributed by atoms with Crippen LogP contribution in [0.2, 0.25) is 0 Å². The van der Waals surface area contributed by atoms with Gasteiger partial charge in [0.2, 0.25) is 0 Å². The molecule has 1 aromatic rings. The van der Waals surface area contributed by atoms with Crippen molar-refractivity contribution in [2.45, 2.75) is 58.0 Å². The van der Waals surface area contributed by atoms with Gasteiger partial charge in [-0.3, -0.25) is 0 Å². The minimum Gasteiger partial charge on any atom is -0.307 e. The summed E-state index contributed by atoms with van der Waals surface area (Å²) < 4.78 is 0. The molecule has 20 heavy (non-hydrogen) atoms. The highest BCUT2D eigenvalue weighted by Gasteiger charge is 2.53. The fraction of sp³-hybridized carbons (Fsp3) is 0.684. The number of hydrogen-bond acceptors (Lipinski definition) is 1. The molecule has 5 unspecified atom stereocenters. The van der Waals surface area contributed by atoms with E-state index in [1.165, 1.54) is 43.2 Å². The first-order valence-corrected chi connectivity index (χ1v) is 8.55. The summed E-state index contributed by atoms with van der Waals surface area (Å²) in [4.78, 5) is 0. The highest BCUT2D eigenvalue weighted by atomic mass is 15.0. The van der Waals surface area contributed by atoms with Gasteiger partial charge in [0.1, 0.15) is 0 Å². The largest absolute Gasteiger partial charge is 0.307 e. The lowest BCUT2D eigenvalue weighted by molar-refractivity contribution is 0.200. The number of hydrogen-bond donors (Lipinski definition) is 1. The molecular formula is C19H27N. The van der Waals surface area contributed by atoms with E-state index in [0.29, 0.717) is 6.04 Å². The van der Waals surface area contributed by atoms with Crippen molar-refractivity contribution < 1.29 is 0 Å². The summed E-state index contributed by atoms with van der Waals surface area (Å²) in [6.45, 7) is 4.59. The first kappa shape index (κ1) is 12.9. The molecule has 1 heteroatoms. The van der Waals surface area contributed by atoms with E-state index in [1.54, 1.807) is 0 Å². The van der Waals surface area contributed by atoms with Crippen LogP contribution in [0.25, 0.3) is 0 Å². The molecule has 1 N–H and O–H groups in total. The van der Waals surface area contributed by atoms with Crippen LogP contribution in [-0.2, 0) is 0 Å². The maximum Gasteiger partial charge on any atom is 0.0297 e. The van der Waals surface area contributed by atoms with Crippen molar-refractivity contribution in [1.82, 2.24) is 5.32 Å². The Kier molecular flexibility index (Phi) is 3.14. The quantitative estimate of drug-likeness (QED) is 0.853. The molecular weight excluding hydrogens is 242 g/mol. The monoisotopic (exact) mass is 269 g/mol. The van der Waals surface area contributed by atoms with E-state index in [1.807, 2.05) is 0 Å². The van der Waals surface area contributed by atoms with Crippen LogP contribution in [0.15, 0.2) is 24.3 Å². The molecule has 0 amide bonds. The Morgan fingerprint density at radius 2 is 1.85 bits per heavy atom. The number of fused-ring (bicyclic) bond motifs is 5. The molecule has 3 fully saturated rings. The first-order valence-electron chi connectivity index (χ1n) is 8.55. The molecule has 0 radical (unpaired) electrons. The Morgan fingerprint density at radius 1 is 1.05 bits per heavy atom. The standard InChI is InChI=1S/C19H27N/c1-12-6-3-4-7-15(12)13(2)20-19-11-14-10-18(19)17-9-5-8-16(14)17/h3-4,6-7,13-14,16-20H,5,8-11H2,1-2H3/t13-,14?,16?,17?,18?,19?/m0/s1. The van der Waals surface area contributed by atoms with Gasteiger partial charge in [-0.1, -0.05) is 30.7 Å². The second-order valence-corrected chi connectivity index (χ2v) is 7.51. The average molecular weight is 269 g/mol. The zero-order chi connectivity index (χ0) is 13.7. The minimum atomic E-state index is 0.500. The van der Waals surface area contributed by atoms with Crippen LogP contribution >= 0.6 is 0 Å². The number of aryl methyl sites for hydroxylation is 1. The van der Waals surface area contributed by atoms with Crippen LogP contribution in [0.3, 0.4) is 0 Å². The molecule has 2 bridgehead atoms. The molecule has 1 nitrogen and oxygen atoms in total. The lowest BCUT2D eigenvalue weighted by Crippen LogP contribution is -2.40. The number of benzene rings is 1. The van der Waals surface area contributed by atoms with Gasteiger partial charge in [0, 0.05) is 12.1 Å². The summed E-state index contributed by atoms with van der Waals surface area (Å²) in [5.74, 6) is 4.20. The third kappa shape index (κ3) is 1.94. The van der Waals surface area contributed by atoms with Crippen molar-refractivity contribution in [3.63, 3.8) is 0 Å². The molecule has 0 saturated heterocycles. The van der Waals surface area contributed by atoms with E-state index in [-0.39, 0.29) is 0 Å². The van der Waals surface area contributed by atoms with Crippen molar-refractivity contribution in [3.8, 4) is 0 Å².